The van der Waals surface area contributed by atoms with E-state index in [-0.39, 0.29) is 5.41 Å². The van der Waals surface area contributed by atoms with Gasteiger partial charge >= 0.3 is 0 Å². The van der Waals surface area contributed by atoms with Gasteiger partial charge in [0.25, 0.3) is 0 Å². The zero-order valence-corrected chi connectivity index (χ0v) is 33.6. The number of hydrogen-bond acceptors (Lipinski definition) is 0. The Labute approximate surface area is 350 Å². The summed E-state index contributed by atoms with van der Waals surface area (Å²) in [5, 5.41) is 5.12. The lowest BCUT2D eigenvalue weighted by molar-refractivity contribution is -0.0399. The Kier molecular flexibility index (Phi) is 6.76. The largest absolute Gasteiger partial charge is 0.309 e. The van der Waals surface area contributed by atoms with Crippen LogP contribution in [0, 0.1) is 23.7 Å². The molecule has 15 rings (SSSR count). The maximum Gasteiger partial charge on any atom is 0.0547 e. The van der Waals surface area contributed by atoms with Crippen LogP contribution in [0.2, 0.25) is 0 Å². The molecule has 2 aromatic heterocycles. The van der Waals surface area contributed by atoms with Crippen LogP contribution in [0.1, 0.15) is 43.2 Å². The zero-order valence-electron chi connectivity index (χ0n) is 33.6. The Balaban J connectivity index is 0.920. The lowest BCUT2D eigenvalue weighted by Crippen LogP contribution is -2.55. The van der Waals surface area contributed by atoms with E-state index in [9.17, 15) is 0 Å². The number of hydrogen-bond donors (Lipinski definition) is 0. The molecule has 8 aromatic carbocycles. The zero-order chi connectivity index (χ0) is 39.1. The van der Waals surface area contributed by atoms with Crippen LogP contribution in [0.4, 0.5) is 0 Å². The maximum atomic E-state index is 2.56. The second-order valence-corrected chi connectivity index (χ2v) is 18.5. The predicted octanol–water partition coefficient (Wildman–Crippen LogP) is 14.9. The average Bonchev–Trinajstić information content (AvgIpc) is 3.92. The topological polar surface area (TPSA) is 9.86 Å². The minimum atomic E-state index is 0.186. The Morgan fingerprint density at radius 2 is 0.900 bits per heavy atom. The molecule has 60 heavy (non-hydrogen) atoms. The highest BCUT2D eigenvalue weighted by molar-refractivity contribution is 6.12. The standard InChI is InChI=1S/C58H44N2/c1-2-11-38(12-3-1)39-13-10-14-44(32-39)60-54-19-8-5-16-47(54)49-24-21-41(34-57(49)60)40-22-26-56-51(33-40)48-17-6-9-20-55(48)59(56)45-23-25-53-50(35-45)46-15-4-7-18-52(46)58(53)42-28-36-27-37(30-42)31-43(58)29-36/h1-26,32-37,42-43H,27-31H2. The van der Waals surface area contributed by atoms with Crippen molar-refractivity contribution in [2.75, 3.05) is 0 Å². The molecule has 0 N–H and O–H groups in total. The van der Waals surface area contributed by atoms with Crippen molar-refractivity contribution in [1.29, 1.82) is 0 Å². The van der Waals surface area contributed by atoms with Crippen LogP contribution >= 0.6 is 0 Å². The van der Waals surface area contributed by atoms with Gasteiger partial charge in [-0.15, -0.1) is 0 Å². The first-order valence-electron chi connectivity index (χ1n) is 22.2. The minimum Gasteiger partial charge on any atom is -0.309 e. The van der Waals surface area contributed by atoms with Crippen LogP contribution in [-0.2, 0) is 5.41 Å². The number of fused-ring (bicyclic) bond motifs is 9. The van der Waals surface area contributed by atoms with E-state index in [1.807, 2.05) is 0 Å². The Morgan fingerprint density at radius 1 is 0.333 bits per heavy atom. The molecule has 0 saturated heterocycles. The van der Waals surface area contributed by atoms with Crippen molar-refractivity contribution >= 4 is 43.6 Å². The molecule has 5 aliphatic rings. The fraction of sp³-hybridized carbons (Fsp3) is 0.172. The normalized spacial score (nSPS) is 22.4. The van der Waals surface area contributed by atoms with Gasteiger partial charge in [0, 0.05) is 38.3 Å². The van der Waals surface area contributed by atoms with Crippen molar-refractivity contribution in [2.45, 2.75) is 37.5 Å². The van der Waals surface area contributed by atoms with Gasteiger partial charge in [0.2, 0.25) is 0 Å². The lowest BCUT2D eigenvalue weighted by Gasteiger charge is -2.61. The summed E-state index contributed by atoms with van der Waals surface area (Å²) < 4.78 is 4.98. The lowest BCUT2D eigenvalue weighted by atomic mass is 9.43. The van der Waals surface area contributed by atoms with E-state index >= 15 is 0 Å². The first kappa shape index (κ1) is 33.2. The molecule has 0 atom stereocenters. The van der Waals surface area contributed by atoms with E-state index in [1.165, 1.54) is 120 Å². The maximum absolute atomic E-state index is 2.56. The molecule has 4 bridgehead atoms. The highest BCUT2D eigenvalue weighted by Crippen LogP contribution is 2.69. The minimum absolute atomic E-state index is 0.186. The van der Waals surface area contributed by atoms with E-state index in [0.717, 1.165) is 23.7 Å². The molecule has 2 heterocycles. The summed E-state index contributed by atoms with van der Waals surface area (Å²) in [6.45, 7) is 0. The molecule has 4 fully saturated rings. The van der Waals surface area contributed by atoms with Crippen LogP contribution in [0.3, 0.4) is 0 Å². The smallest absolute Gasteiger partial charge is 0.0547 e. The van der Waals surface area contributed by atoms with Crippen LogP contribution in [0.5, 0.6) is 0 Å². The van der Waals surface area contributed by atoms with Gasteiger partial charge in [-0.1, -0.05) is 127 Å². The molecule has 286 valence electrons. The Bertz CT molecular complexity index is 3370. The average molecular weight is 769 g/mol. The molecule has 10 aromatic rings. The van der Waals surface area contributed by atoms with Gasteiger partial charge in [-0.2, -0.15) is 0 Å². The van der Waals surface area contributed by atoms with Gasteiger partial charge in [0.05, 0.1) is 22.1 Å². The fourth-order valence-corrected chi connectivity index (χ4v) is 13.6. The molecule has 0 amide bonds. The summed E-state index contributed by atoms with van der Waals surface area (Å²) >= 11 is 0. The van der Waals surface area contributed by atoms with Gasteiger partial charge in [0.15, 0.2) is 0 Å². The van der Waals surface area contributed by atoms with E-state index in [4.69, 9.17) is 0 Å². The third kappa shape index (κ3) is 4.44. The first-order valence-corrected chi connectivity index (χ1v) is 22.2. The van der Waals surface area contributed by atoms with E-state index in [1.54, 1.807) is 11.1 Å². The number of para-hydroxylation sites is 2. The summed E-state index contributed by atoms with van der Waals surface area (Å²) in [7, 11) is 0. The van der Waals surface area contributed by atoms with Gasteiger partial charge in [0.1, 0.15) is 0 Å². The summed E-state index contributed by atoms with van der Waals surface area (Å²) in [6.07, 6.45) is 7.13. The quantitative estimate of drug-likeness (QED) is 0.169. The second kappa shape index (κ2) is 12.2. The summed E-state index contributed by atoms with van der Waals surface area (Å²) in [6, 6.07) is 68.8. The van der Waals surface area contributed by atoms with Crippen molar-refractivity contribution < 1.29 is 0 Å². The van der Waals surface area contributed by atoms with Crippen molar-refractivity contribution in [3.63, 3.8) is 0 Å². The van der Waals surface area contributed by atoms with Crippen LogP contribution < -0.4 is 0 Å². The number of benzene rings is 8. The molecule has 0 radical (unpaired) electrons. The first-order chi connectivity index (χ1) is 29.7. The molecule has 1 spiro atoms. The molecule has 0 unspecified atom stereocenters. The predicted molar refractivity (Wildman–Crippen MR) is 249 cm³/mol. The van der Waals surface area contributed by atoms with E-state index in [0.29, 0.717) is 0 Å². The number of nitrogens with zero attached hydrogens (tertiary/aromatic N) is 2. The van der Waals surface area contributed by atoms with Gasteiger partial charge in [-0.05, 0) is 155 Å². The highest BCUT2D eigenvalue weighted by atomic mass is 15.0. The van der Waals surface area contributed by atoms with Crippen molar-refractivity contribution in [3.8, 4) is 44.8 Å². The second-order valence-electron chi connectivity index (χ2n) is 18.5. The van der Waals surface area contributed by atoms with E-state index < -0.39 is 0 Å². The molecule has 5 aliphatic carbocycles. The Hall–Kier alpha value is -6.64. The molecule has 0 aliphatic heterocycles. The summed E-state index contributed by atoms with van der Waals surface area (Å²) in [4.78, 5) is 0. The van der Waals surface area contributed by atoms with Crippen molar-refractivity contribution in [2.24, 2.45) is 23.7 Å². The molecule has 4 saturated carbocycles. The molecule has 2 heteroatoms. The number of aromatic nitrogens is 2. The highest BCUT2D eigenvalue weighted by Gasteiger charge is 2.61. The van der Waals surface area contributed by atoms with E-state index in [2.05, 4.69) is 191 Å². The molecular weight excluding hydrogens is 725 g/mol. The Morgan fingerprint density at radius 3 is 1.70 bits per heavy atom. The van der Waals surface area contributed by atoms with Crippen LogP contribution in [-0.4, -0.2) is 9.13 Å². The van der Waals surface area contributed by atoms with Crippen LogP contribution in [0.15, 0.2) is 182 Å². The van der Waals surface area contributed by atoms with Crippen molar-refractivity contribution in [3.05, 3.63) is 193 Å². The summed E-state index contributed by atoms with van der Waals surface area (Å²) in [5.74, 6) is 3.43. The molecule has 2 nitrogen and oxygen atoms in total. The summed E-state index contributed by atoms with van der Waals surface area (Å²) in [5.41, 5.74) is 18.6. The fourth-order valence-electron chi connectivity index (χ4n) is 13.6. The van der Waals surface area contributed by atoms with Gasteiger partial charge in [-0.25, -0.2) is 0 Å². The van der Waals surface area contributed by atoms with Gasteiger partial charge in [-0.3, -0.25) is 0 Å². The SMILES string of the molecule is c1ccc(-c2cccc(-n3c4ccccc4c4ccc(-c5ccc6c(c5)c5ccccc5n6-c5ccc6c(c5)-c5ccccc5C65C6CC7CC(C6)CC5C7)cc43)c2)cc1. The van der Waals surface area contributed by atoms with Gasteiger partial charge < -0.3 is 9.13 Å². The third-order valence-electron chi connectivity index (χ3n) is 15.7. The van der Waals surface area contributed by atoms with Crippen LogP contribution in [0.25, 0.3) is 88.4 Å². The third-order valence-corrected chi connectivity index (χ3v) is 15.7. The van der Waals surface area contributed by atoms with Crippen molar-refractivity contribution in [1.82, 2.24) is 9.13 Å². The monoisotopic (exact) mass is 768 g/mol. The molecular formula is C58H44N2. The number of rotatable bonds is 4.